The van der Waals surface area contributed by atoms with E-state index in [0.717, 1.165) is 17.7 Å². The third-order valence-corrected chi connectivity index (χ3v) is 8.40. The summed E-state index contributed by atoms with van der Waals surface area (Å²) in [6, 6.07) is 12.5. The molecule has 0 saturated carbocycles. The number of sulfonamides is 1. The number of carbonyl (C=O) groups is 2. The highest BCUT2D eigenvalue weighted by Crippen LogP contribution is 2.29. The number of benzene rings is 2. The van der Waals surface area contributed by atoms with Gasteiger partial charge in [-0.25, -0.2) is 8.42 Å². The summed E-state index contributed by atoms with van der Waals surface area (Å²) in [6.07, 6.45) is 2.49. The molecular formula is C24H29N3O4S. The van der Waals surface area contributed by atoms with Crippen LogP contribution in [0.15, 0.2) is 47.4 Å². The quantitative estimate of drug-likeness (QED) is 0.751. The largest absolute Gasteiger partial charge is 0.349 e. The monoisotopic (exact) mass is 455 g/mol. The van der Waals surface area contributed by atoms with Gasteiger partial charge in [-0.15, -0.1) is 0 Å². The predicted octanol–water partition coefficient (Wildman–Crippen LogP) is 3.01. The number of nitrogens with zero attached hydrogens (tertiary/aromatic N) is 2. The van der Waals surface area contributed by atoms with Gasteiger partial charge in [0.05, 0.1) is 4.90 Å². The van der Waals surface area contributed by atoms with Crippen LogP contribution in [0.4, 0.5) is 5.69 Å². The van der Waals surface area contributed by atoms with Crippen LogP contribution in [-0.2, 0) is 14.8 Å². The Morgan fingerprint density at radius 3 is 2.34 bits per heavy atom. The van der Waals surface area contributed by atoms with E-state index in [9.17, 15) is 18.0 Å². The molecule has 2 fully saturated rings. The molecule has 170 valence electrons. The van der Waals surface area contributed by atoms with Gasteiger partial charge in [-0.3, -0.25) is 9.59 Å². The molecule has 8 heteroatoms. The lowest BCUT2D eigenvalue weighted by Gasteiger charge is -2.32. The average Bonchev–Trinajstić information content (AvgIpc) is 3.20. The Bertz CT molecular complexity index is 1140. The molecule has 1 N–H and O–H groups in total. The summed E-state index contributed by atoms with van der Waals surface area (Å²) in [4.78, 5) is 26.6. The Morgan fingerprint density at radius 1 is 1.00 bits per heavy atom. The number of nitrogens with one attached hydrogen (secondary N) is 1. The standard InChI is InChI=1S/C24H29N3O4S/c1-17-6-3-4-7-21(17)24(29)25-19-11-14-26(15-12-19)32(30,31)22-10-9-20(16-18(22)2)27-13-5-8-23(27)28/h3-4,6-7,9-10,16,19H,5,8,11-15H2,1-2H3,(H,25,29). The smallest absolute Gasteiger partial charge is 0.251 e. The molecule has 2 amide bonds. The normalized spacial score (nSPS) is 18.2. The van der Waals surface area contributed by atoms with Crippen molar-refractivity contribution in [1.82, 2.24) is 9.62 Å². The van der Waals surface area contributed by atoms with Gasteiger partial charge in [-0.2, -0.15) is 4.31 Å². The maximum Gasteiger partial charge on any atom is 0.251 e. The number of hydrogen-bond donors (Lipinski definition) is 1. The molecule has 0 aromatic heterocycles. The van der Waals surface area contributed by atoms with E-state index >= 15 is 0 Å². The second kappa shape index (κ2) is 9.03. The van der Waals surface area contributed by atoms with Crippen LogP contribution in [-0.4, -0.2) is 50.2 Å². The topological polar surface area (TPSA) is 86.8 Å². The molecule has 32 heavy (non-hydrogen) atoms. The van der Waals surface area contributed by atoms with Crippen LogP contribution in [0.3, 0.4) is 0 Å². The SMILES string of the molecule is Cc1ccccc1C(=O)NC1CCN(S(=O)(=O)c2ccc(N3CCCC3=O)cc2C)CC1. The van der Waals surface area contributed by atoms with Gasteiger partial charge in [0.15, 0.2) is 0 Å². The van der Waals surface area contributed by atoms with Crippen molar-refractivity contribution >= 4 is 27.5 Å². The molecule has 0 bridgehead atoms. The molecule has 0 unspecified atom stereocenters. The van der Waals surface area contributed by atoms with Crippen molar-refractivity contribution in [2.45, 2.75) is 50.5 Å². The van der Waals surface area contributed by atoms with Crippen LogP contribution in [0.25, 0.3) is 0 Å². The van der Waals surface area contributed by atoms with Crippen LogP contribution in [0, 0.1) is 13.8 Å². The summed E-state index contributed by atoms with van der Waals surface area (Å²) in [6.45, 7) is 5.05. The van der Waals surface area contributed by atoms with Crippen LogP contribution >= 0.6 is 0 Å². The predicted molar refractivity (Wildman–Crippen MR) is 123 cm³/mol. The number of amides is 2. The second-order valence-corrected chi connectivity index (χ2v) is 10.5. The molecule has 0 atom stereocenters. The van der Waals surface area contributed by atoms with Crippen molar-refractivity contribution in [2.75, 3.05) is 24.5 Å². The van der Waals surface area contributed by atoms with Gasteiger partial charge in [0, 0.05) is 43.3 Å². The number of piperidine rings is 1. The summed E-state index contributed by atoms with van der Waals surface area (Å²) < 4.78 is 28.0. The summed E-state index contributed by atoms with van der Waals surface area (Å²) in [7, 11) is -3.64. The van der Waals surface area contributed by atoms with E-state index in [1.54, 1.807) is 36.1 Å². The van der Waals surface area contributed by atoms with E-state index in [1.807, 2.05) is 25.1 Å². The average molecular weight is 456 g/mol. The highest BCUT2D eigenvalue weighted by Gasteiger charge is 2.32. The first-order valence-corrected chi connectivity index (χ1v) is 12.5. The van der Waals surface area contributed by atoms with Gasteiger partial charge < -0.3 is 10.2 Å². The zero-order valence-corrected chi connectivity index (χ0v) is 19.3. The van der Waals surface area contributed by atoms with Crippen LogP contribution in [0.2, 0.25) is 0 Å². The van der Waals surface area contributed by atoms with Gasteiger partial charge in [0.2, 0.25) is 15.9 Å². The molecule has 2 aliphatic heterocycles. The Balaban J connectivity index is 1.41. The van der Waals surface area contributed by atoms with E-state index in [0.29, 0.717) is 50.0 Å². The van der Waals surface area contributed by atoms with Crippen molar-refractivity contribution < 1.29 is 18.0 Å². The summed E-state index contributed by atoms with van der Waals surface area (Å²) in [5, 5.41) is 3.04. The van der Waals surface area contributed by atoms with Gasteiger partial charge in [-0.05, 0) is 68.5 Å². The minimum atomic E-state index is -3.64. The molecule has 2 saturated heterocycles. The lowest BCUT2D eigenvalue weighted by molar-refractivity contribution is -0.117. The van der Waals surface area contributed by atoms with E-state index < -0.39 is 10.0 Å². The van der Waals surface area contributed by atoms with Crippen molar-refractivity contribution in [3.63, 3.8) is 0 Å². The third-order valence-electron chi connectivity index (χ3n) is 6.34. The highest BCUT2D eigenvalue weighted by molar-refractivity contribution is 7.89. The molecule has 2 heterocycles. The first-order chi connectivity index (χ1) is 15.3. The fourth-order valence-electron chi connectivity index (χ4n) is 4.48. The lowest BCUT2D eigenvalue weighted by atomic mass is 10.0. The zero-order chi connectivity index (χ0) is 22.9. The molecule has 2 aromatic rings. The van der Waals surface area contributed by atoms with Crippen LogP contribution in [0.5, 0.6) is 0 Å². The molecule has 2 aliphatic rings. The number of anilines is 1. The Kier molecular flexibility index (Phi) is 6.35. The van der Waals surface area contributed by atoms with Crippen molar-refractivity contribution in [2.24, 2.45) is 0 Å². The number of carbonyl (C=O) groups excluding carboxylic acids is 2. The number of aryl methyl sites for hydroxylation is 2. The maximum atomic E-state index is 13.3. The minimum Gasteiger partial charge on any atom is -0.349 e. The first-order valence-electron chi connectivity index (χ1n) is 11.0. The van der Waals surface area contributed by atoms with Crippen LogP contribution < -0.4 is 10.2 Å². The van der Waals surface area contributed by atoms with Crippen molar-refractivity contribution in [3.8, 4) is 0 Å². The summed E-state index contributed by atoms with van der Waals surface area (Å²) >= 11 is 0. The first kappa shape index (κ1) is 22.5. The van der Waals surface area contributed by atoms with Crippen molar-refractivity contribution in [3.05, 3.63) is 59.2 Å². The molecule has 0 aliphatic carbocycles. The number of rotatable bonds is 5. The molecule has 4 rings (SSSR count). The van der Waals surface area contributed by atoms with E-state index in [1.165, 1.54) is 4.31 Å². The number of hydrogen-bond acceptors (Lipinski definition) is 4. The lowest BCUT2D eigenvalue weighted by Crippen LogP contribution is -2.46. The fourth-order valence-corrected chi connectivity index (χ4v) is 6.16. The highest BCUT2D eigenvalue weighted by atomic mass is 32.2. The van der Waals surface area contributed by atoms with Gasteiger partial charge >= 0.3 is 0 Å². The van der Waals surface area contributed by atoms with Crippen molar-refractivity contribution in [1.29, 1.82) is 0 Å². The Hall–Kier alpha value is -2.71. The van der Waals surface area contributed by atoms with Gasteiger partial charge in [-0.1, -0.05) is 18.2 Å². The molecular weight excluding hydrogens is 426 g/mol. The van der Waals surface area contributed by atoms with Crippen LogP contribution in [0.1, 0.15) is 47.2 Å². The Labute approximate surface area is 189 Å². The minimum absolute atomic E-state index is 0.0572. The molecule has 2 aromatic carbocycles. The van der Waals surface area contributed by atoms with E-state index in [2.05, 4.69) is 5.32 Å². The third kappa shape index (κ3) is 4.42. The second-order valence-electron chi connectivity index (χ2n) is 8.57. The fraction of sp³-hybridized carbons (Fsp3) is 0.417. The summed E-state index contributed by atoms with van der Waals surface area (Å²) in [5.74, 6) is -0.0397. The maximum absolute atomic E-state index is 13.3. The molecule has 7 nitrogen and oxygen atoms in total. The van der Waals surface area contributed by atoms with E-state index in [4.69, 9.17) is 0 Å². The van der Waals surface area contributed by atoms with Gasteiger partial charge in [0.1, 0.15) is 0 Å². The summed E-state index contributed by atoms with van der Waals surface area (Å²) in [5.41, 5.74) is 2.95. The van der Waals surface area contributed by atoms with E-state index in [-0.39, 0.29) is 22.8 Å². The molecule has 0 radical (unpaired) electrons. The van der Waals surface area contributed by atoms with Gasteiger partial charge in [0.25, 0.3) is 5.91 Å². The molecule has 0 spiro atoms. The Morgan fingerprint density at radius 2 is 1.72 bits per heavy atom. The zero-order valence-electron chi connectivity index (χ0n) is 18.5.